The van der Waals surface area contributed by atoms with Gasteiger partial charge in [0.2, 0.25) is 68.7 Å². The maximum Gasteiger partial charge on any atom is 1.00 e. The molecule has 0 unspecified atom stereocenters. The van der Waals surface area contributed by atoms with E-state index in [-0.39, 0.29) is 194 Å². The predicted octanol–water partition coefficient (Wildman–Crippen LogP) is -22.2. The van der Waals surface area contributed by atoms with Gasteiger partial charge in [-0.2, -0.15) is 0 Å². The minimum absolute atomic E-state index is 0. The summed E-state index contributed by atoms with van der Waals surface area (Å²) in [4.78, 5) is 13.1. The Morgan fingerprint density at radius 3 is 1.45 bits per heavy atom. The van der Waals surface area contributed by atoms with E-state index >= 15 is 0 Å². The molecule has 378 valence electrons. The van der Waals surface area contributed by atoms with Gasteiger partial charge in [-0.3, -0.25) is 29.9 Å². The average Bonchev–Trinajstić information content (AvgIpc) is 3.12. The van der Waals surface area contributed by atoms with Gasteiger partial charge in [-0.25, -0.2) is 50.5 Å². The van der Waals surface area contributed by atoms with Gasteiger partial charge in [0.25, 0.3) is 0 Å². The van der Waals surface area contributed by atoms with E-state index in [1.807, 2.05) is 0 Å². The van der Waals surface area contributed by atoms with E-state index in [2.05, 4.69) is 25.1 Å². The second kappa shape index (κ2) is 30.3. The maximum atomic E-state index is 13.1. The van der Waals surface area contributed by atoms with Crippen LogP contribution in [0.5, 0.6) is 23.0 Å². The van der Waals surface area contributed by atoms with Crippen LogP contribution in [0.4, 0.5) is 0 Å². The van der Waals surface area contributed by atoms with Crippen molar-refractivity contribution in [2.45, 2.75) is 68.3 Å². The Labute approximate surface area is 546 Å². The Hall–Kier alpha value is 1.95. The Morgan fingerprint density at radius 1 is 0.548 bits per heavy atom. The van der Waals surface area contributed by atoms with Crippen molar-refractivity contribution < 1.29 is 319 Å². The Morgan fingerprint density at radius 2 is 0.986 bits per heavy atom. The first-order valence-electron chi connectivity index (χ1n) is 17.1. The summed E-state index contributed by atoms with van der Waals surface area (Å²) >= 11 is 0. The molecule has 2 aliphatic rings. The topological polar surface area (TPSA) is 515 Å². The van der Waals surface area contributed by atoms with Crippen LogP contribution in [0.2, 0.25) is 0 Å². The van der Waals surface area contributed by atoms with Crippen LogP contribution in [-0.4, -0.2) is 163 Å². The molecule has 73 heavy (non-hydrogen) atoms. The van der Waals surface area contributed by atoms with Crippen LogP contribution in [0.1, 0.15) is 6.92 Å². The quantitative estimate of drug-likeness (QED) is 0.0639. The zero-order chi connectivity index (χ0) is 50.4. The number of ether oxygens (including phenoxy) is 5. The summed E-state index contributed by atoms with van der Waals surface area (Å²) < 4.78 is 269. The van der Waals surface area contributed by atoms with E-state index in [4.69, 9.17) is 28.1 Å². The SMILES string of the molecule is COc1ccc(-c2cc(=O)c3c(O)cc(O[C@@H]4O[C@H](CO[C@@H]5O[C@@H](C)[C@H](OS(=O)(=O)[O-])[C@@H](OS(=O)(=O)[O-])[C@H]5OS(=O)(=O)[O-])[C@@H](OS(=O)(=O)[O-])[C@H](OS(=O)(=O)[O-])[C@H]4OS(=O)(=O)[O-])cc3o2)cc1O.[Na+].[Na+].[Na+].[Na+].[Na+].[Na+]. The molecule has 3 heterocycles. The fourth-order valence-corrected chi connectivity index (χ4v) is 9.30. The number of benzene rings is 2. The molecule has 0 amide bonds. The summed E-state index contributed by atoms with van der Waals surface area (Å²) in [6.45, 7) is -1.01. The van der Waals surface area contributed by atoms with E-state index in [0.717, 1.165) is 18.2 Å². The molecule has 2 saturated heterocycles. The van der Waals surface area contributed by atoms with Crippen LogP contribution in [0, 0.1) is 0 Å². The summed E-state index contributed by atoms with van der Waals surface area (Å²) in [7, 11) is -36.0. The van der Waals surface area contributed by atoms with Crippen molar-refractivity contribution in [3.8, 4) is 34.3 Å². The molecule has 1 aromatic heterocycles. The van der Waals surface area contributed by atoms with Crippen LogP contribution in [0.3, 0.4) is 0 Å². The van der Waals surface area contributed by atoms with Crippen molar-refractivity contribution in [2.75, 3.05) is 13.7 Å². The van der Waals surface area contributed by atoms with Gasteiger partial charge in [0.1, 0.15) is 58.7 Å². The second-order valence-corrected chi connectivity index (χ2v) is 19.2. The number of phenolic OH excluding ortho intramolecular Hbond substituents is 2. The van der Waals surface area contributed by atoms with E-state index in [9.17, 15) is 92.8 Å². The van der Waals surface area contributed by atoms with Gasteiger partial charge in [0.15, 0.2) is 35.4 Å². The molecular formula is C28H26Na6O33S6. The Kier molecular flexibility index (Phi) is 32.0. The third-order valence-electron chi connectivity index (χ3n) is 8.62. The van der Waals surface area contributed by atoms with Gasteiger partial charge in [-0.1, -0.05) is 0 Å². The number of hydrogen-bond donors (Lipinski definition) is 2. The number of hydrogen-bond acceptors (Lipinski definition) is 33. The second-order valence-electron chi connectivity index (χ2n) is 13.2. The largest absolute Gasteiger partial charge is 1.00 e. The third kappa shape index (κ3) is 23.4. The first kappa shape index (κ1) is 77.0. The van der Waals surface area contributed by atoms with E-state index in [1.165, 1.54) is 19.2 Å². The van der Waals surface area contributed by atoms with Gasteiger partial charge in [-0.15, -0.1) is 0 Å². The number of rotatable bonds is 19. The zero-order valence-electron chi connectivity index (χ0n) is 38.4. The van der Waals surface area contributed by atoms with E-state index in [0.29, 0.717) is 13.0 Å². The fourth-order valence-electron chi connectivity index (χ4n) is 6.33. The molecular weight excluding hydrogens is 1190 g/mol. The molecule has 0 aliphatic carbocycles. The van der Waals surface area contributed by atoms with Gasteiger partial charge in [0, 0.05) is 23.8 Å². The average molecular weight is 1220 g/mol. The van der Waals surface area contributed by atoms with Crippen LogP contribution in [0.15, 0.2) is 45.6 Å². The fraction of sp³-hybridized carbons (Fsp3) is 0.464. The predicted molar refractivity (Wildman–Crippen MR) is 195 cm³/mol. The summed E-state index contributed by atoms with van der Waals surface area (Å²) in [5.74, 6) is -2.66. The summed E-state index contributed by atoms with van der Waals surface area (Å²) in [5.41, 5.74) is -1.57. The van der Waals surface area contributed by atoms with Gasteiger partial charge in [-0.05, 0) is 25.1 Å². The summed E-state index contributed by atoms with van der Waals surface area (Å²) in [5, 5.41) is 20.5. The van der Waals surface area contributed by atoms with Gasteiger partial charge in [0.05, 0.1) is 19.8 Å². The number of phenols is 2. The molecule has 45 heteroatoms. The molecule has 0 spiro atoms. The monoisotopic (exact) mass is 1220 g/mol. The van der Waals surface area contributed by atoms with Gasteiger partial charge < -0.3 is 65.6 Å². The molecule has 0 radical (unpaired) electrons. The number of methoxy groups -OCH3 is 1. The van der Waals surface area contributed by atoms with Crippen molar-refractivity contribution in [1.29, 1.82) is 0 Å². The molecule has 2 aliphatic heterocycles. The van der Waals surface area contributed by atoms with Crippen LogP contribution in [-0.2, 0) is 102 Å². The molecule has 2 N–H and O–H groups in total. The molecule has 5 rings (SSSR count). The third-order valence-corrected chi connectivity index (χ3v) is 11.4. The summed E-state index contributed by atoms with van der Waals surface area (Å²) in [6, 6.07) is 5.75. The van der Waals surface area contributed by atoms with E-state index < -0.39 is 164 Å². The van der Waals surface area contributed by atoms with Crippen molar-refractivity contribution in [1.82, 2.24) is 0 Å². The number of fused-ring (bicyclic) bond motifs is 1. The molecule has 33 nitrogen and oxygen atoms in total. The molecule has 3 aromatic rings. The van der Waals surface area contributed by atoms with Gasteiger partial charge >= 0.3 is 177 Å². The summed E-state index contributed by atoms with van der Waals surface area (Å²) in [6.07, 6.45) is -28.8. The van der Waals surface area contributed by atoms with Crippen molar-refractivity contribution >= 4 is 73.4 Å². The van der Waals surface area contributed by atoms with Crippen LogP contribution in [0.25, 0.3) is 22.3 Å². The molecule has 0 bridgehead atoms. The van der Waals surface area contributed by atoms with Crippen LogP contribution < -0.4 is 192 Å². The zero-order valence-corrected chi connectivity index (χ0v) is 55.3. The smallest absolute Gasteiger partial charge is 0.726 e. The molecule has 2 aromatic carbocycles. The normalized spacial score (nSPS) is 24.7. The van der Waals surface area contributed by atoms with Crippen LogP contribution >= 0.6 is 0 Å². The first-order chi connectivity index (χ1) is 30.5. The molecule has 0 saturated carbocycles. The van der Waals surface area contributed by atoms with E-state index in [1.54, 1.807) is 0 Å². The molecule has 2 fully saturated rings. The molecule has 10 atom stereocenters. The standard InChI is InChI=1S/C28H32O33S6.6Na/c1-10-21(56-62(32,33)34)23(58-64(38,39)40)25(60-66(44,45)46)27(52-10)51-9-19-22(57-63(35,36)37)24(59-65(41,42)43)26(61-67(47,48)49)28(55-19)53-12-6-14(30)20-15(31)8-17(54-18(20)7-12)11-3-4-16(50-2)13(29)5-11;;;;;;/h3-8,10,19,21-30H,9H2,1-2H3,(H,32,33,34)(H,35,36,37)(H,38,39,40)(H,41,42,43)(H,44,45,46)(H,47,48,49);;;;;;/q;6*+1/p-6/t10-,19+,21-,22+,23+,24-,25+,26+,27+,28+;;;;;;/m0....../s1. The maximum absolute atomic E-state index is 13.1. The minimum atomic E-state index is -6.33. The Bertz CT molecular complexity index is 3110. The minimum Gasteiger partial charge on any atom is -0.726 e. The van der Waals surface area contributed by atoms with Crippen molar-refractivity contribution in [3.05, 3.63) is 46.6 Å². The number of aromatic hydroxyl groups is 2. The van der Waals surface area contributed by atoms with Crippen molar-refractivity contribution in [3.63, 3.8) is 0 Å². The first-order valence-corrected chi connectivity index (χ1v) is 25.1. The Balaban J connectivity index is 0. The van der Waals surface area contributed by atoms with Crippen molar-refractivity contribution in [2.24, 2.45) is 0 Å².